The number of hydrogen-bond donors (Lipinski definition) is 2. The van der Waals surface area contributed by atoms with E-state index in [9.17, 15) is 0 Å². The van der Waals surface area contributed by atoms with E-state index in [1.807, 2.05) is 26.0 Å². The third kappa shape index (κ3) is 5.07. The molecule has 2 N–H and O–H groups in total. The summed E-state index contributed by atoms with van der Waals surface area (Å²) in [5, 5.41) is 10.4. The molecule has 2 rings (SSSR count). The molecule has 0 radical (unpaired) electrons. The molecule has 6 nitrogen and oxygen atoms in total. The van der Waals surface area contributed by atoms with E-state index >= 15 is 0 Å². The normalized spacial score (nSPS) is 11.1. The van der Waals surface area contributed by atoms with Gasteiger partial charge in [0, 0.05) is 32.1 Å². The number of rotatable bonds is 5. The van der Waals surface area contributed by atoms with Crippen LogP contribution in [0.5, 0.6) is 0 Å². The van der Waals surface area contributed by atoms with Crippen LogP contribution < -0.4 is 10.6 Å². The Bertz CT molecular complexity index is 544. The predicted octanol–water partition coefficient (Wildman–Crippen LogP) is 2.41. The summed E-state index contributed by atoms with van der Waals surface area (Å²) in [4.78, 5) is 4.18. The summed E-state index contributed by atoms with van der Waals surface area (Å²) in [6.45, 7) is 5.24. The molecule has 116 valence electrons. The first-order chi connectivity index (χ1) is 9.70. The molecule has 0 aliphatic heterocycles. The fourth-order valence-electron chi connectivity index (χ4n) is 1.91. The molecule has 7 heteroatoms. The van der Waals surface area contributed by atoms with Crippen molar-refractivity contribution in [3.05, 3.63) is 41.2 Å². The number of furan rings is 1. The summed E-state index contributed by atoms with van der Waals surface area (Å²) in [6, 6.07) is 3.85. The van der Waals surface area contributed by atoms with E-state index in [1.165, 1.54) is 0 Å². The standard InChI is InChI=1S/C14H20N4O2.HI/c1-10-13(11(2)20-18-10)9-17-14(15-3)16-7-6-12-5-4-8-19-12;/h4-5,8H,6-7,9H2,1-3H3,(H2,15,16,17);1H. The average Bonchev–Trinajstić information content (AvgIpc) is 3.06. The van der Waals surface area contributed by atoms with Crippen LogP contribution >= 0.6 is 24.0 Å². The third-order valence-electron chi connectivity index (χ3n) is 3.08. The number of aryl methyl sites for hydroxylation is 2. The largest absolute Gasteiger partial charge is 0.469 e. The Morgan fingerprint density at radius 3 is 2.71 bits per heavy atom. The van der Waals surface area contributed by atoms with Gasteiger partial charge in [-0.1, -0.05) is 5.16 Å². The molecule has 2 aromatic heterocycles. The van der Waals surface area contributed by atoms with E-state index < -0.39 is 0 Å². The molecule has 2 aromatic rings. The van der Waals surface area contributed by atoms with Crippen LogP contribution in [0.2, 0.25) is 0 Å². The molecule has 0 aliphatic rings. The topological polar surface area (TPSA) is 75.6 Å². The van der Waals surface area contributed by atoms with Gasteiger partial charge in [0.2, 0.25) is 0 Å². The highest BCUT2D eigenvalue weighted by Gasteiger charge is 2.09. The van der Waals surface area contributed by atoms with Crippen LogP contribution in [0.1, 0.15) is 22.8 Å². The lowest BCUT2D eigenvalue weighted by Gasteiger charge is -2.11. The van der Waals surface area contributed by atoms with Crippen molar-refractivity contribution < 1.29 is 8.94 Å². The number of nitrogens with one attached hydrogen (secondary N) is 2. The van der Waals surface area contributed by atoms with Crippen LogP contribution in [0, 0.1) is 13.8 Å². The predicted molar refractivity (Wildman–Crippen MR) is 92.0 cm³/mol. The second-order valence-corrected chi connectivity index (χ2v) is 4.48. The average molecular weight is 404 g/mol. The maximum atomic E-state index is 5.28. The molecule has 2 heterocycles. The summed E-state index contributed by atoms with van der Waals surface area (Å²) in [6.07, 6.45) is 2.50. The van der Waals surface area contributed by atoms with Gasteiger partial charge in [-0.3, -0.25) is 4.99 Å². The fraction of sp³-hybridized carbons (Fsp3) is 0.429. The molecule has 0 saturated carbocycles. The van der Waals surface area contributed by atoms with Gasteiger partial charge in [-0.15, -0.1) is 24.0 Å². The number of hydrogen-bond acceptors (Lipinski definition) is 4. The van der Waals surface area contributed by atoms with E-state index in [1.54, 1.807) is 13.3 Å². The molecule has 0 bridgehead atoms. The Morgan fingerprint density at radius 2 is 2.14 bits per heavy atom. The SMILES string of the molecule is CN=C(NCCc1ccco1)NCc1c(C)noc1C.I. The van der Waals surface area contributed by atoms with Crippen molar-refractivity contribution >= 4 is 29.9 Å². The Labute approximate surface area is 141 Å². The van der Waals surface area contributed by atoms with Gasteiger partial charge in [0.25, 0.3) is 0 Å². The number of aromatic nitrogens is 1. The summed E-state index contributed by atoms with van der Waals surface area (Å²) in [5.74, 6) is 2.54. The van der Waals surface area contributed by atoms with Gasteiger partial charge in [0.05, 0.1) is 12.0 Å². The second kappa shape index (κ2) is 8.71. The first-order valence-electron chi connectivity index (χ1n) is 6.59. The number of aliphatic imine (C=N–C) groups is 1. The third-order valence-corrected chi connectivity index (χ3v) is 3.08. The van der Waals surface area contributed by atoms with Crippen molar-refractivity contribution in [1.82, 2.24) is 15.8 Å². The van der Waals surface area contributed by atoms with Crippen LogP contribution in [0.15, 0.2) is 32.3 Å². The molecular formula is C14H21IN4O2. The molecule has 0 aromatic carbocycles. The van der Waals surface area contributed by atoms with Crippen molar-refractivity contribution in [2.45, 2.75) is 26.8 Å². The van der Waals surface area contributed by atoms with Crippen molar-refractivity contribution in [1.29, 1.82) is 0 Å². The molecule has 0 unspecified atom stereocenters. The highest BCUT2D eigenvalue weighted by Crippen LogP contribution is 2.11. The van der Waals surface area contributed by atoms with Gasteiger partial charge in [-0.05, 0) is 26.0 Å². The van der Waals surface area contributed by atoms with E-state index in [4.69, 9.17) is 8.94 Å². The van der Waals surface area contributed by atoms with E-state index in [0.29, 0.717) is 6.54 Å². The minimum absolute atomic E-state index is 0. The molecule has 0 amide bonds. The van der Waals surface area contributed by atoms with Gasteiger partial charge >= 0.3 is 0 Å². The zero-order chi connectivity index (χ0) is 14.4. The lowest BCUT2D eigenvalue weighted by molar-refractivity contribution is 0.392. The summed E-state index contributed by atoms with van der Waals surface area (Å²) < 4.78 is 10.4. The zero-order valence-corrected chi connectivity index (χ0v) is 14.8. The molecule has 0 fully saturated rings. The minimum atomic E-state index is 0. The van der Waals surface area contributed by atoms with E-state index in [2.05, 4.69) is 20.8 Å². The number of guanidine groups is 1. The summed E-state index contributed by atoms with van der Waals surface area (Å²) >= 11 is 0. The molecule has 0 atom stereocenters. The monoisotopic (exact) mass is 404 g/mol. The maximum absolute atomic E-state index is 5.28. The number of nitrogens with zero attached hydrogens (tertiary/aromatic N) is 2. The smallest absolute Gasteiger partial charge is 0.191 e. The maximum Gasteiger partial charge on any atom is 0.191 e. The summed E-state index contributed by atoms with van der Waals surface area (Å²) in [5.41, 5.74) is 1.97. The van der Waals surface area contributed by atoms with Crippen LogP contribution in [-0.2, 0) is 13.0 Å². The minimum Gasteiger partial charge on any atom is -0.469 e. The Morgan fingerprint density at radius 1 is 1.33 bits per heavy atom. The van der Waals surface area contributed by atoms with Crippen LogP contribution in [0.3, 0.4) is 0 Å². The Hall–Kier alpha value is -1.51. The molecule has 0 aliphatic carbocycles. The molecule has 0 spiro atoms. The van der Waals surface area contributed by atoms with Crippen LogP contribution in [0.25, 0.3) is 0 Å². The first kappa shape index (κ1) is 17.5. The molecule has 21 heavy (non-hydrogen) atoms. The van der Waals surface area contributed by atoms with Crippen molar-refractivity contribution in [2.24, 2.45) is 4.99 Å². The van der Waals surface area contributed by atoms with E-state index in [-0.39, 0.29) is 24.0 Å². The van der Waals surface area contributed by atoms with Gasteiger partial charge in [-0.2, -0.15) is 0 Å². The Balaban J connectivity index is 0.00000220. The van der Waals surface area contributed by atoms with Gasteiger partial charge in [0.15, 0.2) is 5.96 Å². The van der Waals surface area contributed by atoms with Gasteiger partial charge in [0.1, 0.15) is 11.5 Å². The molecule has 0 saturated heterocycles. The second-order valence-electron chi connectivity index (χ2n) is 4.48. The lowest BCUT2D eigenvalue weighted by atomic mass is 10.2. The van der Waals surface area contributed by atoms with Gasteiger partial charge in [-0.25, -0.2) is 0 Å². The number of halogens is 1. The molecular weight excluding hydrogens is 383 g/mol. The fourth-order valence-corrected chi connectivity index (χ4v) is 1.91. The highest BCUT2D eigenvalue weighted by molar-refractivity contribution is 14.0. The first-order valence-corrected chi connectivity index (χ1v) is 6.59. The zero-order valence-electron chi connectivity index (χ0n) is 12.5. The van der Waals surface area contributed by atoms with Crippen molar-refractivity contribution in [2.75, 3.05) is 13.6 Å². The van der Waals surface area contributed by atoms with Gasteiger partial charge < -0.3 is 19.6 Å². The quantitative estimate of drug-likeness (QED) is 0.455. The van der Waals surface area contributed by atoms with Crippen LogP contribution in [-0.4, -0.2) is 24.7 Å². The summed E-state index contributed by atoms with van der Waals surface area (Å²) in [7, 11) is 1.75. The lowest BCUT2D eigenvalue weighted by Crippen LogP contribution is -2.38. The van der Waals surface area contributed by atoms with E-state index in [0.717, 1.165) is 41.7 Å². The van der Waals surface area contributed by atoms with Crippen LogP contribution in [0.4, 0.5) is 0 Å². The Kier molecular flexibility index (Phi) is 7.27. The highest BCUT2D eigenvalue weighted by atomic mass is 127. The van der Waals surface area contributed by atoms with Crippen molar-refractivity contribution in [3.8, 4) is 0 Å². The van der Waals surface area contributed by atoms with Crippen molar-refractivity contribution in [3.63, 3.8) is 0 Å².